The lowest BCUT2D eigenvalue weighted by Crippen LogP contribution is -2.36. The van der Waals surface area contributed by atoms with Crippen LogP contribution in [-0.2, 0) is 6.42 Å². The molecular weight excluding hydrogens is 284 g/mol. The monoisotopic (exact) mass is 308 g/mol. The number of amidine groups is 1. The lowest BCUT2D eigenvalue weighted by molar-refractivity contribution is 0.317. The van der Waals surface area contributed by atoms with Crippen LogP contribution in [0.4, 0.5) is 0 Å². The number of hydrogen-bond donors (Lipinski definition) is 1. The van der Waals surface area contributed by atoms with Crippen LogP contribution in [0.5, 0.6) is 0 Å². The first-order valence-electron chi connectivity index (χ1n) is 7.76. The molecule has 0 amide bonds. The van der Waals surface area contributed by atoms with E-state index in [0.29, 0.717) is 11.5 Å². The van der Waals surface area contributed by atoms with Gasteiger partial charge in [-0.25, -0.2) is 0 Å². The van der Waals surface area contributed by atoms with Crippen molar-refractivity contribution in [3.05, 3.63) is 21.9 Å². The van der Waals surface area contributed by atoms with Crippen molar-refractivity contribution < 1.29 is 0 Å². The Labute approximate surface area is 130 Å². The largest absolute Gasteiger partial charge is 0.358 e. The molecule has 0 aromatic carbocycles. The van der Waals surface area contributed by atoms with Crippen LogP contribution >= 0.6 is 23.1 Å². The SMILES string of the molecule is CCC1(CC)CN=C(NC2CCCc3sccc32)SC1. The van der Waals surface area contributed by atoms with E-state index >= 15 is 0 Å². The van der Waals surface area contributed by atoms with E-state index in [1.54, 1.807) is 4.88 Å². The summed E-state index contributed by atoms with van der Waals surface area (Å²) in [6, 6.07) is 2.79. The van der Waals surface area contributed by atoms with Crippen LogP contribution in [0, 0.1) is 5.41 Å². The van der Waals surface area contributed by atoms with Gasteiger partial charge in [0, 0.05) is 17.2 Å². The number of nitrogens with one attached hydrogen (secondary N) is 1. The van der Waals surface area contributed by atoms with Gasteiger partial charge in [-0.1, -0.05) is 25.6 Å². The number of thioether (sulfide) groups is 1. The molecule has 1 N–H and O–H groups in total. The second kappa shape index (κ2) is 6.10. The van der Waals surface area contributed by atoms with Crippen molar-refractivity contribution in [1.82, 2.24) is 5.32 Å². The van der Waals surface area contributed by atoms with Crippen LogP contribution < -0.4 is 5.32 Å². The average Bonchev–Trinajstić information content (AvgIpc) is 2.98. The van der Waals surface area contributed by atoms with Gasteiger partial charge in [0.15, 0.2) is 5.17 Å². The lowest BCUT2D eigenvalue weighted by Gasteiger charge is -2.35. The van der Waals surface area contributed by atoms with Gasteiger partial charge in [-0.15, -0.1) is 11.3 Å². The van der Waals surface area contributed by atoms with Crippen molar-refractivity contribution in [2.75, 3.05) is 12.3 Å². The fourth-order valence-electron chi connectivity index (χ4n) is 3.10. The summed E-state index contributed by atoms with van der Waals surface area (Å²) < 4.78 is 0. The fourth-order valence-corrected chi connectivity index (χ4v) is 5.41. The van der Waals surface area contributed by atoms with Crippen LogP contribution in [0.3, 0.4) is 0 Å². The molecule has 110 valence electrons. The molecule has 2 heterocycles. The Morgan fingerprint density at radius 1 is 1.40 bits per heavy atom. The van der Waals surface area contributed by atoms with E-state index in [-0.39, 0.29) is 0 Å². The standard InChI is InChI=1S/C16H24N2S2/c1-3-16(4-2)10-17-15(20-11-16)18-13-6-5-7-14-12(13)8-9-19-14/h8-9,13H,3-7,10-11H2,1-2H3,(H,17,18). The lowest BCUT2D eigenvalue weighted by atomic mass is 9.84. The van der Waals surface area contributed by atoms with E-state index in [0.717, 1.165) is 6.54 Å². The van der Waals surface area contributed by atoms with Gasteiger partial charge in [-0.05, 0) is 54.5 Å². The molecular formula is C16H24N2S2. The van der Waals surface area contributed by atoms with Gasteiger partial charge in [0.05, 0.1) is 6.04 Å². The molecule has 1 aromatic heterocycles. The first kappa shape index (κ1) is 14.5. The smallest absolute Gasteiger partial charge is 0.157 e. The van der Waals surface area contributed by atoms with E-state index in [2.05, 4.69) is 30.6 Å². The summed E-state index contributed by atoms with van der Waals surface area (Å²) in [6.45, 7) is 5.60. The van der Waals surface area contributed by atoms with E-state index in [9.17, 15) is 0 Å². The van der Waals surface area contributed by atoms with Crippen molar-refractivity contribution in [2.45, 2.75) is 52.0 Å². The molecule has 4 heteroatoms. The third kappa shape index (κ3) is 2.77. The predicted molar refractivity (Wildman–Crippen MR) is 90.9 cm³/mol. The molecule has 1 aliphatic carbocycles. The van der Waals surface area contributed by atoms with Crippen LogP contribution in [0.15, 0.2) is 16.4 Å². The van der Waals surface area contributed by atoms with Crippen LogP contribution in [0.2, 0.25) is 0 Å². The van der Waals surface area contributed by atoms with Gasteiger partial charge in [0.25, 0.3) is 0 Å². The quantitative estimate of drug-likeness (QED) is 0.881. The highest BCUT2D eigenvalue weighted by atomic mass is 32.2. The number of hydrogen-bond acceptors (Lipinski definition) is 4. The number of aryl methyl sites for hydroxylation is 1. The minimum atomic E-state index is 0.440. The molecule has 0 saturated carbocycles. The van der Waals surface area contributed by atoms with Crippen molar-refractivity contribution in [2.24, 2.45) is 10.4 Å². The first-order valence-corrected chi connectivity index (χ1v) is 9.63. The molecule has 0 bridgehead atoms. The average molecular weight is 309 g/mol. The Balaban J connectivity index is 1.67. The molecule has 2 nitrogen and oxygen atoms in total. The molecule has 0 saturated heterocycles. The first-order chi connectivity index (χ1) is 9.76. The molecule has 2 aliphatic rings. The number of nitrogens with zero attached hydrogens (tertiary/aromatic N) is 1. The molecule has 3 rings (SSSR count). The second-order valence-corrected chi connectivity index (χ2v) is 7.97. The Kier molecular flexibility index (Phi) is 4.41. The fraction of sp³-hybridized carbons (Fsp3) is 0.688. The molecule has 20 heavy (non-hydrogen) atoms. The van der Waals surface area contributed by atoms with Gasteiger partial charge in [-0.2, -0.15) is 0 Å². The Morgan fingerprint density at radius 3 is 2.95 bits per heavy atom. The maximum absolute atomic E-state index is 4.85. The van der Waals surface area contributed by atoms with Crippen molar-refractivity contribution in [3.63, 3.8) is 0 Å². The molecule has 0 radical (unpaired) electrons. The van der Waals surface area contributed by atoms with Crippen molar-refractivity contribution in [3.8, 4) is 0 Å². The molecule has 1 aromatic rings. The zero-order chi connectivity index (χ0) is 14.0. The highest BCUT2D eigenvalue weighted by molar-refractivity contribution is 8.13. The summed E-state index contributed by atoms with van der Waals surface area (Å²) in [5, 5.41) is 7.11. The zero-order valence-electron chi connectivity index (χ0n) is 12.4. The molecule has 0 fully saturated rings. The summed E-state index contributed by atoms with van der Waals surface area (Å²) in [6.07, 6.45) is 6.29. The minimum absolute atomic E-state index is 0.440. The van der Waals surface area contributed by atoms with Gasteiger partial charge >= 0.3 is 0 Å². The molecule has 0 spiro atoms. The summed E-state index contributed by atoms with van der Waals surface area (Å²) in [5.41, 5.74) is 1.96. The highest BCUT2D eigenvalue weighted by Gasteiger charge is 2.31. The Hall–Kier alpha value is -0.480. The Bertz CT molecular complexity index is 488. The highest BCUT2D eigenvalue weighted by Crippen LogP contribution is 2.37. The van der Waals surface area contributed by atoms with E-state index in [4.69, 9.17) is 4.99 Å². The second-order valence-electron chi connectivity index (χ2n) is 6.01. The summed E-state index contributed by atoms with van der Waals surface area (Å²) >= 11 is 3.84. The van der Waals surface area contributed by atoms with E-state index in [1.807, 2.05) is 23.1 Å². The van der Waals surface area contributed by atoms with Gasteiger partial charge in [-0.3, -0.25) is 4.99 Å². The van der Waals surface area contributed by atoms with E-state index in [1.165, 1.54) is 48.6 Å². The maximum atomic E-state index is 4.85. The minimum Gasteiger partial charge on any atom is -0.358 e. The summed E-state index contributed by atoms with van der Waals surface area (Å²) in [7, 11) is 0. The normalized spacial score (nSPS) is 24.9. The number of aliphatic imine (C=N–C) groups is 1. The van der Waals surface area contributed by atoms with Crippen LogP contribution in [0.25, 0.3) is 0 Å². The van der Waals surface area contributed by atoms with Crippen LogP contribution in [0.1, 0.15) is 56.0 Å². The third-order valence-corrected chi connectivity index (χ3v) is 7.20. The van der Waals surface area contributed by atoms with Gasteiger partial charge in [0.2, 0.25) is 0 Å². The van der Waals surface area contributed by atoms with Gasteiger partial charge < -0.3 is 5.32 Å². The van der Waals surface area contributed by atoms with Gasteiger partial charge in [0.1, 0.15) is 0 Å². The molecule has 1 unspecified atom stereocenters. The third-order valence-electron chi connectivity index (χ3n) is 4.92. The summed E-state index contributed by atoms with van der Waals surface area (Å²) in [4.78, 5) is 6.42. The maximum Gasteiger partial charge on any atom is 0.157 e. The molecule has 1 atom stereocenters. The number of rotatable bonds is 3. The number of fused-ring (bicyclic) bond motifs is 1. The Morgan fingerprint density at radius 2 is 2.25 bits per heavy atom. The van der Waals surface area contributed by atoms with Crippen molar-refractivity contribution >= 4 is 28.3 Å². The summed E-state index contributed by atoms with van der Waals surface area (Å²) in [5.74, 6) is 1.22. The molecule has 1 aliphatic heterocycles. The predicted octanol–water partition coefficient (Wildman–Crippen LogP) is 4.62. The van der Waals surface area contributed by atoms with Crippen molar-refractivity contribution in [1.29, 1.82) is 0 Å². The van der Waals surface area contributed by atoms with E-state index < -0.39 is 0 Å². The number of thiophene rings is 1. The topological polar surface area (TPSA) is 24.4 Å². The zero-order valence-corrected chi connectivity index (χ0v) is 14.1. The van der Waals surface area contributed by atoms with Crippen LogP contribution in [-0.4, -0.2) is 17.5 Å².